The van der Waals surface area contributed by atoms with Crippen LogP contribution in [0.3, 0.4) is 0 Å². The van der Waals surface area contributed by atoms with Crippen LogP contribution < -0.4 is 5.32 Å². The zero-order chi connectivity index (χ0) is 11.5. The van der Waals surface area contributed by atoms with Crippen LogP contribution in [0.1, 0.15) is 24.4 Å². The van der Waals surface area contributed by atoms with E-state index in [-0.39, 0.29) is 18.5 Å². The summed E-state index contributed by atoms with van der Waals surface area (Å²) < 4.78 is 14.4. The smallest absolute Gasteiger partial charge is 0.129 e. The Morgan fingerprint density at radius 1 is 1.50 bits per heavy atom. The minimum absolute atomic E-state index is 0.0781. The summed E-state index contributed by atoms with van der Waals surface area (Å²) >= 11 is 3.22. The van der Waals surface area contributed by atoms with Gasteiger partial charge in [-0.15, -0.1) is 0 Å². The number of hydrogen-bond donors (Lipinski definition) is 2. The zero-order valence-electron chi connectivity index (χ0n) is 8.92. The Bertz CT molecular complexity index is 368. The second kappa shape index (κ2) is 5.25. The Labute approximate surface area is 103 Å². The van der Waals surface area contributed by atoms with E-state index in [1.165, 1.54) is 18.9 Å². The highest BCUT2D eigenvalue weighted by atomic mass is 79.9. The van der Waals surface area contributed by atoms with Gasteiger partial charge in [0, 0.05) is 10.0 Å². The van der Waals surface area contributed by atoms with E-state index in [9.17, 15) is 9.50 Å². The maximum absolute atomic E-state index is 13.6. The lowest BCUT2D eigenvalue weighted by molar-refractivity contribution is 0.240. The summed E-state index contributed by atoms with van der Waals surface area (Å²) in [6, 6.07) is 4.63. The van der Waals surface area contributed by atoms with Crippen molar-refractivity contribution in [2.45, 2.75) is 18.9 Å². The van der Waals surface area contributed by atoms with Crippen molar-refractivity contribution < 1.29 is 9.50 Å². The van der Waals surface area contributed by atoms with Crippen molar-refractivity contribution in [3.05, 3.63) is 34.1 Å². The van der Waals surface area contributed by atoms with Gasteiger partial charge >= 0.3 is 0 Å². The molecule has 0 aliphatic heterocycles. The van der Waals surface area contributed by atoms with E-state index in [1.54, 1.807) is 12.1 Å². The predicted molar refractivity (Wildman–Crippen MR) is 64.7 cm³/mol. The van der Waals surface area contributed by atoms with E-state index in [0.29, 0.717) is 16.0 Å². The van der Waals surface area contributed by atoms with E-state index in [0.717, 1.165) is 6.54 Å². The van der Waals surface area contributed by atoms with Crippen LogP contribution in [-0.4, -0.2) is 18.3 Å². The molecule has 1 aromatic rings. The standard InChI is InChI=1S/C12H15BrFNO/c13-9-3-4-10(11(14)5-9)12(7-16)15-6-8-1-2-8/h3-5,8,12,15-16H,1-2,6-7H2. The molecule has 0 bridgehead atoms. The monoisotopic (exact) mass is 287 g/mol. The zero-order valence-corrected chi connectivity index (χ0v) is 10.5. The fraction of sp³-hybridized carbons (Fsp3) is 0.500. The van der Waals surface area contributed by atoms with Gasteiger partial charge < -0.3 is 10.4 Å². The van der Waals surface area contributed by atoms with Crippen molar-refractivity contribution in [1.82, 2.24) is 5.32 Å². The molecule has 1 aromatic carbocycles. The van der Waals surface area contributed by atoms with E-state index < -0.39 is 0 Å². The largest absolute Gasteiger partial charge is 0.394 e. The molecular weight excluding hydrogens is 273 g/mol. The highest BCUT2D eigenvalue weighted by molar-refractivity contribution is 9.10. The van der Waals surface area contributed by atoms with E-state index in [1.807, 2.05) is 0 Å². The summed E-state index contributed by atoms with van der Waals surface area (Å²) in [7, 11) is 0. The van der Waals surface area contributed by atoms with Gasteiger partial charge in [0.05, 0.1) is 12.6 Å². The lowest BCUT2D eigenvalue weighted by Gasteiger charge is -2.17. The van der Waals surface area contributed by atoms with Crippen LogP contribution in [0.4, 0.5) is 4.39 Å². The quantitative estimate of drug-likeness (QED) is 0.873. The number of aliphatic hydroxyl groups excluding tert-OH is 1. The molecule has 2 N–H and O–H groups in total. The van der Waals surface area contributed by atoms with Crippen LogP contribution in [-0.2, 0) is 0 Å². The maximum atomic E-state index is 13.6. The first-order valence-electron chi connectivity index (χ1n) is 5.50. The maximum Gasteiger partial charge on any atom is 0.129 e. The molecule has 2 nitrogen and oxygen atoms in total. The molecule has 0 saturated heterocycles. The van der Waals surface area contributed by atoms with Gasteiger partial charge in [-0.05, 0) is 37.4 Å². The van der Waals surface area contributed by atoms with Gasteiger partial charge in [0.25, 0.3) is 0 Å². The van der Waals surface area contributed by atoms with Crippen LogP contribution >= 0.6 is 15.9 Å². The van der Waals surface area contributed by atoms with Crippen LogP contribution in [0.15, 0.2) is 22.7 Å². The molecule has 0 spiro atoms. The van der Waals surface area contributed by atoms with Gasteiger partial charge in [0.15, 0.2) is 0 Å². The molecular formula is C12H15BrFNO. The minimum Gasteiger partial charge on any atom is -0.394 e. The molecule has 0 radical (unpaired) electrons. The Hall–Kier alpha value is -0.450. The first-order valence-corrected chi connectivity index (χ1v) is 6.29. The highest BCUT2D eigenvalue weighted by Crippen LogP contribution is 2.29. The molecule has 88 valence electrons. The summed E-state index contributed by atoms with van der Waals surface area (Å²) in [5.41, 5.74) is 0.534. The lowest BCUT2D eigenvalue weighted by Crippen LogP contribution is -2.27. The average molecular weight is 288 g/mol. The Morgan fingerprint density at radius 2 is 2.25 bits per heavy atom. The Balaban J connectivity index is 2.05. The van der Waals surface area contributed by atoms with E-state index in [4.69, 9.17) is 0 Å². The third kappa shape index (κ3) is 3.03. The van der Waals surface area contributed by atoms with Gasteiger partial charge in [-0.25, -0.2) is 4.39 Å². The normalized spacial score (nSPS) is 17.4. The molecule has 1 fully saturated rings. The summed E-state index contributed by atoms with van der Waals surface area (Å²) in [6.45, 7) is 0.784. The number of benzene rings is 1. The molecule has 1 atom stereocenters. The molecule has 1 saturated carbocycles. The van der Waals surface area contributed by atoms with E-state index >= 15 is 0 Å². The van der Waals surface area contributed by atoms with Gasteiger partial charge in [-0.3, -0.25) is 0 Å². The van der Waals surface area contributed by atoms with Gasteiger partial charge in [-0.2, -0.15) is 0 Å². The fourth-order valence-electron chi connectivity index (χ4n) is 1.69. The predicted octanol–water partition coefficient (Wildman–Crippen LogP) is 2.62. The first kappa shape index (κ1) is 12.0. The second-order valence-electron chi connectivity index (χ2n) is 4.25. The SMILES string of the molecule is OCC(NCC1CC1)c1ccc(Br)cc1F. The third-order valence-electron chi connectivity index (χ3n) is 2.87. The van der Waals surface area contributed by atoms with Crippen molar-refractivity contribution in [3.8, 4) is 0 Å². The van der Waals surface area contributed by atoms with Gasteiger partial charge in [0.2, 0.25) is 0 Å². The number of rotatable bonds is 5. The van der Waals surface area contributed by atoms with Crippen molar-refractivity contribution in [3.63, 3.8) is 0 Å². The molecule has 0 amide bonds. The molecule has 1 aliphatic rings. The van der Waals surface area contributed by atoms with Crippen LogP contribution in [0.25, 0.3) is 0 Å². The first-order chi connectivity index (χ1) is 7.70. The van der Waals surface area contributed by atoms with Crippen molar-refractivity contribution in [1.29, 1.82) is 0 Å². The third-order valence-corrected chi connectivity index (χ3v) is 3.36. The Kier molecular flexibility index (Phi) is 3.95. The molecule has 0 aromatic heterocycles. The summed E-state index contributed by atoms with van der Waals surface area (Å²) in [4.78, 5) is 0. The minimum atomic E-state index is -0.298. The van der Waals surface area contributed by atoms with Gasteiger partial charge in [-0.1, -0.05) is 22.0 Å². The number of hydrogen-bond acceptors (Lipinski definition) is 2. The highest BCUT2D eigenvalue weighted by Gasteiger charge is 2.23. The number of halogens is 2. The number of aliphatic hydroxyl groups is 1. The molecule has 1 aliphatic carbocycles. The van der Waals surface area contributed by atoms with Crippen LogP contribution in [0, 0.1) is 11.7 Å². The van der Waals surface area contributed by atoms with Crippen molar-refractivity contribution >= 4 is 15.9 Å². The molecule has 0 heterocycles. The summed E-state index contributed by atoms with van der Waals surface area (Å²) in [6.07, 6.45) is 2.49. The average Bonchev–Trinajstić information content (AvgIpc) is 3.05. The number of nitrogens with one attached hydrogen (secondary N) is 1. The van der Waals surface area contributed by atoms with Crippen molar-refractivity contribution in [2.24, 2.45) is 5.92 Å². The summed E-state index contributed by atoms with van der Waals surface area (Å²) in [5.74, 6) is 0.435. The van der Waals surface area contributed by atoms with Gasteiger partial charge in [0.1, 0.15) is 5.82 Å². The molecule has 16 heavy (non-hydrogen) atoms. The molecule has 1 unspecified atom stereocenters. The topological polar surface area (TPSA) is 32.3 Å². The molecule has 2 rings (SSSR count). The van der Waals surface area contributed by atoms with E-state index in [2.05, 4.69) is 21.2 Å². The lowest BCUT2D eigenvalue weighted by atomic mass is 10.1. The second-order valence-corrected chi connectivity index (χ2v) is 5.17. The molecule has 4 heteroatoms. The van der Waals surface area contributed by atoms with Crippen molar-refractivity contribution in [2.75, 3.05) is 13.2 Å². The Morgan fingerprint density at radius 3 is 2.81 bits per heavy atom. The van der Waals surface area contributed by atoms with Crippen LogP contribution in [0.2, 0.25) is 0 Å². The van der Waals surface area contributed by atoms with Crippen LogP contribution in [0.5, 0.6) is 0 Å². The summed E-state index contributed by atoms with van der Waals surface area (Å²) in [5, 5.41) is 12.5. The fourth-order valence-corrected chi connectivity index (χ4v) is 2.02.